The number of hydrogen-bond acceptors (Lipinski definition) is 4. The van der Waals surface area contributed by atoms with Crippen LogP contribution in [0, 0.1) is 23.7 Å². The molecular formula is C30H60Cl2N2NiO2Si2. The molecule has 0 bridgehead atoms. The molecule has 0 radical (unpaired) electrons. The molecule has 4 unspecified atom stereocenters. The molecule has 0 aliphatic heterocycles. The normalized spacial score (nSPS) is 29.2. The summed E-state index contributed by atoms with van der Waals surface area (Å²) in [6.07, 6.45) is 12.0. The summed E-state index contributed by atoms with van der Waals surface area (Å²) in [4.78, 5) is 11.2. The molecular weight excluding hydrogens is 606 g/mol. The third-order valence-corrected chi connectivity index (χ3v) is 10.2. The molecule has 2 aliphatic rings. The van der Waals surface area contributed by atoms with E-state index < -0.39 is 16.6 Å². The summed E-state index contributed by atoms with van der Waals surface area (Å²) in [5.74, 6) is 2.63. The Morgan fingerprint density at radius 2 is 0.923 bits per heavy atom. The zero-order chi connectivity index (χ0) is 29.6. The van der Waals surface area contributed by atoms with Gasteiger partial charge in [0.15, 0.2) is 16.6 Å². The van der Waals surface area contributed by atoms with Crippen LogP contribution >= 0.6 is 20.4 Å². The van der Waals surface area contributed by atoms with E-state index in [9.17, 15) is 0 Å². The van der Waals surface area contributed by atoms with Gasteiger partial charge < -0.3 is 8.85 Å². The Morgan fingerprint density at radius 1 is 0.641 bits per heavy atom. The molecule has 0 amide bonds. The molecule has 4 nitrogen and oxygen atoms in total. The molecule has 9 heteroatoms. The van der Waals surface area contributed by atoms with Gasteiger partial charge >= 0.3 is 33.0 Å². The van der Waals surface area contributed by atoms with Crippen molar-refractivity contribution in [2.24, 2.45) is 33.7 Å². The van der Waals surface area contributed by atoms with E-state index in [1.54, 1.807) is 0 Å². The molecule has 4 atom stereocenters. The Balaban J connectivity index is 0.00000242. The molecule has 39 heavy (non-hydrogen) atoms. The Hall–Kier alpha value is 0.767. The van der Waals surface area contributed by atoms with Crippen molar-refractivity contribution < 1.29 is 21.5 Å². The summed E-state index contributed by atoms with van der Waals surface area (Å²) >= 11 is 0.569. The van der Waals surface area contributed by atoms with Crippen LogP contribution in [-0.2, 0) is 21.5 Å². The third kappa shape index (κ3) is 16.3. The van der Waals surface area contributed by atoms with E-state index in [4.69, 9.17) is 39.2 Å². The minimum atomic E-state index is -1.50. The van der Waals surface area contributed by atoms with Crippen LogP contribution in [0.5, 0.6) is 0 Å². The number of hydrogen-bond donors (Lipinski definition) is 0. The first-order chi connectivity index (χ1) is 18.2. The van der Waals surface area contributed by atoms with Gasteiger partial charge in [-0.25, -0.2) is 0 Å². The van der Waals surface area contributed by atoms with Crippen LogP contribution in [0.3, 0.4) is 0 Å². The number of rotatable bonds is 13. The number of nitrogens with zero attached hydrogens (tertiary/aromatic N) is 2. The van der Waals surface area contributed by atoms with Gasteiger partial charge in [0.2, 0.25) is 0 Å². The molecule has 2 fully saturated rings. The maximum absolute atomic E-state index is 6.24. The topological polar surface area (TPSA) is 43.2 Å². The van der Waals surface area contributed by atoms with Crippen molar-refractivity contribution in [1.29, 1.82) is 0 Å². The van der Waals surface area contributed by atoms with E-state index in [0.29, 0.717) is 48.4 Å². The number of halogens is 2. The van der Waals surface area contributed by atoms with Crippen molar-refractivity contribution in [3.05, 3.63) is 0 Å². The van der Waals surface area contributed by atoms with Crippen LogP contribution in [-0.4, -0.2) is 53.4 Å². The minimum absolute atomic E-state index is 0.427. The Kier molecular flexibility index (Phi) is 18.5. The van der Waals surface area contributed by atoms with Crippen molar-refractivity contribution >= 4 is 48.4 Å². The summed E-state index contributed by atoms with van der Waals surface area (Å²) in [5, 5.41) is 0. The predicted octanol–water partition coefficient (Wildman–Crippen LogP) is 10.2. The van der Waals surface area contributed by atoms with Gasteiger partial charge in [-0.2, -0.15) is 0 Å². The SMILES string of the molecule is CC1CCCC(C)C1N=C(CCCO[Si](C)(C)C)C(CCCO[Si](C)(C)C)=NC1C(C)CCCC1C.[Cl][Ni][Cl]. The summed E-state index contributed by atoms with van der Waals surface area (Å²) in [6.45, 7) is 25.0. The van der Waals surface area contributed by atoms with Crippen molar-refractivity contribution in [2.45, 2.75) is 143 Å². The summed E-state index contributed by atoms with van der Waals surface area (Å²) < 4.78 is 12.5. The van der Waals surface area contributed by atoms with E-state index >= 15 is 0 Å². The van der Waals surface area contributed by atoms with E-state index in [1.807, 2.05) is 0 Å². The quantitative estimate of drug-likeness (QED) is 0.112. The summed E-state index contributed by atoms with van der Waals surface area (Å²) in [7, 11) is 6.40. The zero-order valence-corrected chi connectivity index (χ0v) is 31.2. The average molecular weight is 667 g/mol. The van der Waals surface area contributed by atoms with Gasteiger partial charge in [0.05, 0.1) is 23.5 Å². The van der Waals surface area contributed by atoms with Gasteiger partial charge in [-0.3, -0.25) is 9.98 Å². The second-order valence-electron chi connectivity index (χ2n) is 14.1. The van der Waals surface area contributed by atoms with Gasteiger partial charge in [0.1, 0.15) is 0 Å². The first-order valence-electron chi connectivity index (χ1n) is 15.4. The second-order valence-corrected chi connectivity index (χ2v) is 24.7. The molecule has 234 valence electrons. The van der Waals surface area contributed by atoms with Crippen LogP contribution in [0.4, 0.5) is 0 Å². The van der Waals surface area contributed by atoms with Crippen molar-refractivity contribution in [3.63, 3.8) is 0 Å². The fraction of sp³-hybridized carbons (Fsp3) is 0.933. The molecule has 2 rings (SSSR count). The third-order valence-electron chi connectivity index (χ3n) is 8.10. The Bertz CT molecular complexity index is 663. The van der Waals surface area contributed by atoms with E-state index in [-0.39, 0.29) is 0 Å². The molecule has 0 N–H and O–H groups in total. The van der Waals surface area contributed by atoms with Crippen LogP contribution in [0.2, 0.25) is 39.3 Å². The molecule has 0 aromatic carbocycles. The standard InChI is InChI=1S/C30H60N2O2Si2.2ClH.Ni/c1-23-15-11-16-24(2)29(23)31-27(19-13-21-33-35(5,6)7)28(20-14-22-34-36(8,9)10)32-30-25(3)17-12-18-26(30)4;;;/h23-26,29-30H,11-22H2,1-10H3;2*1H;/q;;;+2/p-2. The van der Waals surface area contributed by atoms with Gasteiger partial charge in [0, 0.05) is 13.2 Å². The van der Waals surface area contributed by atoms with Gasteiger partial charge in [-0.15, -0.1) is 0 Å². The van der Waals surface area contributed by atoms with Crippen molar-refractivity contribution in [2.75, 3.05) is 13.2 Å². The van der Waals surface area contributed by atoms with Gasteiger partial charge in [-0.05, 0) is 114 Å². The monoisotopic (exact) mass is 664 g/mol. The summed E-state index contributed by atoms with van der Waals surface area (Å²) in [5.41, 5.74) is 2.58. The van der Waals surface area contributed by atoms with Crippen molar-refractivity contribution in [1.82, 2.24) is 0 Å². The Morgan fingerprint density at radius 3 is 1.18 bits per heavy atom. The van der Waals surface area contributed by atoms with Crippen molar-refractivity contribution in [3.8, 4) is 0 Å². The van der Waals surface area contributed by atoms with Gasteiger partial charge in [0.25, 0.3) is 0 Å². The Labute approximate surface area is 258 Å². The zero-order valence-electron chi connectivity index (χ0n) is 26.7. The van der Waals surface area contributed by atoms with Crippen LogP contribution in [0.25, 0.3) is 0 Å². The first-order valence-corrected chi connectivity index (χ1v) is 25.0. The summed E-state index contributed by atoms with van der Waals surface area (Å²) in [6, 6.07) is 0.854. The molecule has 0 aromatic heterocycles. The fourth-order valence-corrected chi connectivity index (χ4v) is 7.51. The maximum atomic E-state index is 6.24. The van der Waals surface area contributed by atoms with E-state index in [0.717, 1.165) is 38.9 Å². The van der Waals surface area contributed by atoms with Crippen LogP contribution < -0.4 is 0 Å². The molecule has 2 aliphatic carbocycles. The molecule has 0 spiro atoms. The molecule has 0 heterocycles. The van der Waals surface area contributed by atoms with E-state index in [2.05, 4.69) is 67.0 Å². The van der Waals surface area contributed by atoms with Gasteiger partial charge in [-0.1, -0.05) is 40.5 Å². The van der Waals surface area contributed by atoms with Crippen LogP contribution in [0.1, 0.15) is 91.9 Å². The fourth-order valence-electron chi connectivity index (χ4n) is 6.00. The van der Waals surface area contributed by atoms with Crippen LogP contribution in [0.15, 0.2) is 9.98 Å². The first kappa shape index (κ1) is 37.8. The predicted molar refractivity (Wildman–Crippen MR) is 176 cm³/mol. The average Bonchev–Trinajstić information content (AvgIpc) is 2.81. The molecule has 0 aromatic rings. The second kappa shape index (κ2) is 19.1. The molecule has 0 saturated heterocycles. The number of aliphatic imine (C=N–C) groups is 2. The molecule has 2 saturated carbocycles. The van der Waals surface area contributed by atoms with E-state index in [1.165, 1.54) is 49.9 Å².